The van der Waals surface area contributed by atoms with Gasteiger partial charge in [0.05, 0.1) is 6.10 Å². The third-order valence-corrected chi connectivity index (χ3v) is 3.15. The Labute approximate surface area is 93.5 Å². The van der Waals surface area contributed by atoms with Crippen LogP contribution in [0.5, 0.6) is 0 Å². The van der Waals surface area contributed by atoms with Gasteiger partial charge in [0.15, 0.2) is 6.29 Å². The maximum atomic E-state index is 5.80. The molecule has 0 radical (unpaired) electrons. The molecule has 1 N–H and O–H groups in total. The molecular formula is C12H25NO2. The second kappa shape index (κ2) is 7.20. The van der Waals surface area contributed by atoms with Gasteiger partial charge in [0.25, 0.3) is 0 Å². The molecule has 1 fully saturated rings. The van der Waals surface area contributed by atoms with E-state index in [-0.39, 0.29) is 6.29 Å². The summed E-state index contributed by atoms with van der Waals surface area (Å²) in [5, 5.41) is 0. The smallest absolute Gasteiger partial charge is 0.174 e. The van der Waals surface area contributed by atoms with Crippen molar-refractivity contribution in [1.29, 1.82) is 0 Å². The summed E-state index contributed by atoms with van der Waals surface area (Å²) in [4.78, 5) is 5.27. The van der Waals surface area contributed by atoms with Crippen LogP contribution >= 0.6 is 0 Å². The summed E-state index contributed by atoms with van der Waals surface area (Å²) in [6.07, 6.45) is 6.60. The van der Waals surface area contributed by atoms with Crippen LogP contribution in [-0.4, -0.2) is 18.9 Å². The van der Waals surface area contributed by atoms with E-state index in [2.05, 4.69) is 12.4 Å². The van der Waals surface area contributed by atoms with Crippen molar-refractivity contribution in [3.63, 3.8) is 0 Å². The van der Waals surface area contributed by atoms with Crippen LogP contribution in [0.4, 0.5) is 0 Å². The first kappa shape index (κ1) is 12.9. The number of ether oxygens (including phenoxy) is 1. The molecule has 90 valence electrons. The first-order chi connectivity index (χ1) is 7.26. The molecule has 3 nitrogen and oxygen atoms in total. The van der Waals surface area contributed by atoms with Gasteiger partial charge in [0.2, 0.25) is 0 Å². The molecule has 15 heavy (non-hydrogen) atoms. The van der Waals surface area contributed by atoms with Gasteiger partial charge in [-0.3, -0.25) is 4.84 Å². The van der Waals surface area contributed by atoms with Crippen LogP contribution in [0.15, 0.2) is 0 Å². The SMILES string of the molecule is CCNOC(C)OC1CCC(CC)CC1. The van der Waals surface area contributed by atoms with Crippen molar-refractivity contribution >= 4 is 0 Å². The highest BCUT2D eigenvalue weighted by Gasteiger charge is 2.22. The molecule has 1 unspecified atom stereocenters. The number of hydrogen-bond acceptors (Lipinski definition) is 3. The summed E-state index contributed by atoms with van der Waals surface area (Å²) in [5.74, 6) is 0.926. The topological polar surface area (TPSA) is 30.5 Å². The monoisotopic (exact) mass is 215 g/mol. The quantitative estimate of drug-likeness (QED) is 0.546. The number of nitrogens with one attached hydrogen (secondary N) is 1. The van der Waals surface area contributed by atoms with E-state index in [0.29, 0.717) is 6.10 Å². The normalized spacial score (nSPS) is 29.0. The zero-order valence-electron chi connectivity index (χ0n) is 10.3. The summed E-state index contributed by atoms with van der Waals surface area (Å²) >= 11 is 0. The molecule has 3 heteroatoms. The fourth-order valence-corrected chi connectivity index (χ4v) is 2.18. The van der Waals surface area contributed by atoms with Crippen LogP contribution in [0.2, 0.25) is 0 Å². The highest BCUT2D eigenvalue weighted by atomic mass is 16.8. The van der Waals surface area contributed by atoms with Crippen molar-refractivity contribution in [2.24, 2.45) is 5.92 Å². The second-order valence-electron chi connectivity index (χ2n) is 4.37. The molecule has 1 aliphatic carbocycles. The molecule has 0 saturated heterocycles. The van der Waals surface area contributed by atoms with Gasteiger partial charge in [-0.2, -0.15) is 5.48 Å². The van der Waals surface area contributed by atoms with Crippen molar-refractivity contribution < 1.29 is 9.57 Å². The number of hydroxylamine groups is 1. The lowest BCUT2D eigenvalue weighted by molar-refractivity contribution is -0.198. The van der Waals surface area contributed by atoms with E-state index < -0.39 is 0 Å². The Morgan fingerprint density at radius 1 is 1.20 bits per heavy atom. The molecule has 1 aliphatic rings. The molecule has 0 spiro atoms. The van der Waals surface area contributed by atoms with Crippen molar-refractivity contribution in [3.8, 4) is 0 Å². The Hall–Kier alpha value is -0.120. The van der Waals surface area contributed by atoms with Gasteiger partial charge in [-0.1, -0.05) is 20.3 Å². The minimum Gasteiger partial charge on any atom is -0.348 e. The molecule has 0 aromatic heterocycles. The molecule has 0 aromatic carbocycles. The molecule has 0 amide bonds. The molecule has 1 atom stereocenters. The van der Waals surface area contributed by atoms with Gasteiger partial charge < -0.3 is 4.74 Å². The molecule has 0 bridgehead atoms. The van der Waals surface area contributed by atoms with E-state index in [4.69, 9.17) is 9.57 Å². The highest BCUT2D eigenvalue weighted by Crippen LogP contribution is 2.28. The zero-order valence-corrected chi connectivity index (χ0v) is 10.3. The molecule has 0 aliphatic heterocycles. The van der Waals surface area contributed by atoms with E-state index in [1.54, 1.807) is 0 Å². The number of hydrogen-bond donors (Lipinski definition) is 1. The second-order valence-corrected chi connectivity index (χ2v) is 4.37. The lowest BCUT2D eigenvalue weighted by Crippen LogP contribution is -2.30. The Bertz CT molecular complexity index is 156. The first-order valence-electron chi connectivity index (χ1n) is 6.30. The summed E-state index contributed by atoms with van der Waals surface area (Å²) in [6.45, 7) is 7.06. The highest BCUT2D eigenvalue weighted by molar-refractivity contribution is 4.71. The standard InChI is InChI=1S/C12H25NO2/c1-4-11-6-8-12(9-7-11)14-10(3)15-13-5-2/h10-13H,4-9H2,1-3H3. The fraction of sp³-hybridized carbons (Fsp3) is 1.00. The van der Waals surface area contributed by atoms with Gasteiger partial charge in [-0.25, -0.2) is 0 Å². The van der Waals surface area contributed by atoms with Crippen LogP contribution in [-0.2, 0) is 9.57 Å². The van der Waals surface area contributed by atoms with Gasteiger partial charge in [0.1, 0.15) is 0 Å². The minimum atomic E-state index is -0.131. The van der Waals surface area contributed by atoms with E-state index in [1.165, 1.54) is 32.1 Å². The van der Waals surface area contributed by atoms with E-state index >= 15 is 0 Å². The van der Waals surface area contributed by atoms with Crippen LogP contribution in [0, 0.1) is 5.92 Å². The Balaban J connectivity index is 2.12. The largest absolute Gasteiger partial charge is 0.348 e. The molecular weight excluding hydrogens is 190 g/mol. The predicted molar refractivity (Wildman–Crippen MR) is 61.3 cm³/mol. The van der Waals surface area contributed by atoms with Crippen molar-refractivity contribution in [2.75, 3.05) is 6.54 Å². The Morgan fingerprint density at radius 2 is 1.87 bits per heavy atom. The maximum Gasteiger partial charge on any atom is 0.174 e. The molecule has 1 rings (SSSR count). The van der Waals surface area contributed by atoms with Gasteiger partial charge in [-0.05, 0) is 38.5 Å². The Morgan fingerprint density at radius 3 is 2.40 bits per heavy atom. The summed E-state index contributed by atoms with van der Waals surface area (Å²) in [7, 11) is 0. The maximum absolute atomic E-state index is 5.80. The number of rotatable bonds is 6. The van der Waals surface area contributed by atoms with Crippen molar-refractivity contribution in [1.82, 2.24) is 5.48 Å². The summed E-state index contributed by atoms with van der Waals surface area (Å²) in [5.41, 5.74) is 2.83. The predicted octanol–water partition coefficient (Wildman–Crippen LogP) is 2.86. The average molecular weight is 215 g/mol. The van der Waals surface area contributed by atoms with Crippen LogP contribution in [0.1, 0.15) is 52.9 Å². The van der Waals surface area contributed by atoms with Gasteiger partial charge >= 0.3 is 0 Å². The lowest BCUT2D eigenvalue weighted by Gasteiger charge is -2.29. The van der Waals surface area contributed by atoms with E-state index in [0.717, 1.165) is 12.5 Å². The summed E-state index contributed by atoms with van der Waals surface area (Å²) in [6, 6.07) is 0. The molecule has 0 aromatic rings. The van der Waals surface area contributed by atoms with Crippen LogP contribution in [0.25, 0.3) is 0 Å². The third kappa shape index (κ3) is 4.96. The minimum absolute atomic E-state index is 0.131. The first-order valence-corrected chi connectivity index (χ1v) is 6.30. The van der Waals surface area contributed by atoms with Crippen molar-refractivity contribution in [2.45, 2.75) is 65.3 Å². The average Bonchev–Trinajstić information content (AvgIpc) is 2.27. The van der Waals surface area contributed by atoms with E-state index in [9.17, 15) is 0 Å². The lowest BCUT2D eigenvalue weighted by atomic mass is 9.86. The zero-order chi connectivity index (χ0) is 11.1. The Kier molecular flexibility index (Phi) is 6.22. The third-order valence-electron chi connectivity index (χ3n) is 3.15. The molecule has 0 heterocycles. The van der Waals surface area contributed by atoms with Crippen LogP contribution in [0.3, 0.4) is 0 Å². The van der Waals surface area contributed by atoms with E-state index in [1.807, 2.05) is 13.8 Å². The van der Waals surface area contributed by atoms with Gasteiger partial charge in [-0.15, -0.1) is 0 Å². The molecule has 1 saturated carbocycles. The van der Waals surface area contributed by atoms with Gasteiger partial charge in [0, 0.05) is 6.54 Å². The fourth-order valence-electron chi connectivity index (χ4n) is 2.18. The van der Waals surface area contributed by atoms with Crippen LogP contribution < -0.4 is 5.48 Å². The summed E-state index contributed by atoms with van der Waals surface area (Å²) < 4.78 is 5.80. The van der Waals surface area contributed by atoms with Crippen molar-refractivity contribution in [3.05, 3.63) is 0 Å².